The van der Waals surface area contributed by atoms with E-state index in [1.165, 1.54) is 31.0 Å². The van der Waals surface area contributed by atoms with Crippen LogP contribution in [0.15, 0.2) is 30.5 Å². The topological polar surface area (TPSA) is 73.2 Å². The van der Waals surface area contributed by atoms with Crippen LogP contribution in [0.3, 0.4) is 0 Å². The van der Waals surface area contributed by atoms with Crippen molar-refractivity contribution in [3.63, 3.8) is 0 Å². The third kappa shape index (κ3) is 3.25. The van der Waals surface area contributed by atoms with E-state index in [0.29, 0.717) is 5.56 Å². The summed E-state index contributed by atoms with van der Waals surface area (Å²) >= 11 is 0. The van der Waals surface area contributed by atoms with Gasteiger partial charge in [0.25, 0.3) is 5.91 Å². The Hall–Kier alpha value is -2.70. The normalized spacial score (nSPS) is 10.2. The Morgan fingerprint density at radius 1 is 1.38 bits per heavy atom. The molecule has 0 fully saturated rings. The lowest BCUT2D eigenvalue weighted by Crippen LogP contribution is -2.18. The fourth-order valence-corrected chi connectivity index (χ4v) is 1.82. The van der Waals surface area contributed by atoms with E-state index in [4.69, 9.17) is 0 Å². The molecule has 0 aliphatic rings. The maximum absolute atomic E-state index is 13.8. The van der Waals surface area contributed by atoms with Crippen molar-refractivity contribution in [3.05, 3.63) is 53.1 Å². The van der Waals surface area contributed by atoms with Crippen LogP contribution in [0.4, 0.5) is 4.39 Å². The summed E-state index contributed by atoms with van der Waals surface area (Å²) in [6.45, 7) is 0.287. The first kappa shape index (κ1) is 14.7. The van der Waals surface area contributed by atoms with Crippen molar-refractivity contribution < 1.29 is 18.7 Å². The van der Waals surface area contributed by atoms with Crippen molar-refractivity contribution in [3.8, 4) is 0 Å². The Balaban J connectivity index is 2.17. The van der Waals surface area contributed by atoms with Crippen molar-refractivity contribution in [1.29, 1.82) is 0 Å². The van der Waals surface area contributed by atoms with Crippen LogP contribution in [0.2, 0.25) is 0 Å². The van der Waals surface area contributed by atoms with Gasteiger partial charge >= 0.3 is 5.97 Å². The molecule has 2 aromatic rings. The predicted molar refractivity (Wildman–Crippen MR) is 72.5 cm³/mol. The van der Waals surface area contributed by atoms with Gasteiger partial charge < -0.3 is 10.1 Å². The minimum Gasteiger partial charge on any atom is -0.465 e. The largest absolute Gasteiger partial charge is 0.465 e. The molecule has 0 unspecified atom stereocenters. The lowest BCUT2D eigenvalue weighted by molar-refractivity contribution is 0.0595. The number of carbonyl (C=O) groups is 2. The minimum absolute atomic E-state index is 0.118. The van der Waals surface area contributed by atoms with Crippen molar-refractivity contribution in [2.24, 2.45) is 0 Å². The Kier molecular flexibility index (Phi) is 4.32. The molecule has 0 bridgehead atoms. The second kappa shape index (κ2) is 6.17. The predicted octanol–water partition coefficient (Wildman–Crippen LogP) is 1.22. The molecular formula is C14H14FN3O3. The van der Waals surface area contributed by atoms with E-state index >= 15 is 0 Å². The number of aromatic nitrogens is 2. The second-order valence-electron chi connectivity index (χ2n) is 4.28. The molecular weight excluding hydrogens is 277 g/mol. The average Bonchev–Trinajstić information content (AvgIpc) is 2.94. The van der Waals surface area contributed by atoms with E-state index in [-0.39, 0.29) is 23.7 Å². The third-order valence-corrected chi connectivity index (χ3v) is 2.88. The maximum Gasteiger partial charge on any atom is 0.340 e. The van der Waals surface area contributed by atoms with Crippen LogP contribution in [-0.2, 0) is 11.3 Å². The standard InChI is InChI=1S/C14H14FN3O3/c1-16-13(19)12-5-6-18(17-12)8-9-3-4-10(11(15)7-9)14(20)21-2/h3-7H,8H2,1-2H3,(H,16,19). The number of halogens is 1. The summed E-state index contributed by atoms with van der Waals surface area (Å²) in [7, 11) is 2.71. The molecule has 1 amide bonds. The fraction of sp³-hybridized carbons (Fsp3) is 0.214. The number of benzene rings is 1. The van der Waals surface area contributed by atoms with E-state index in [9.17, 15) is 14.0 Å². The highest BCUT2D eigenvalue weighted by Gasteiger charge is 2.13. The molecule has 0 saturated carbocycles. The number of nitrogens with zero attached hydrogens (tertiary/aromatic N) is 2. The Bertz CT molecular complexity index is 682. The van der Waals surface area contributed by atoms with Gasteiger partial charge in [-0.25, -0.2) is 9.18 Å². The molecule has 0 atom stereocenters. The van der Waals surface area contributed by atoms with Gasteiger partial charge in [-0.3, -0.25) is 9.48 Å². The number of amides is 1. The Morgan fingerprint density at radius 3 is 2.76 bits per heavy atom. The van der Waals surface area contributed by atoms with Gasteiger partial charge in [-0.05, 0) is 23.8 Å². The fourth-order valence-electron chi connectivity index (χ4n) is 1.82. The van der Waals surface area contributed by atoms with E-state index in [1.54, 1.807) is 18.3 Å². The summed E-state index contributed by atoms with van der Waals surface area (Å²) in [4.78, 5) is 22.7. The van der Waals surface area contributed by atoms with Gasteiger partial charge in [-0.1, -0.05) is 6.07 Å². The summed E-state index contributed by atoms with van der Waals surface area (Å²) in [6, 6.07) is 5.78. The van der Waals surface area contributed by atoms with Crippen LogP contribution in [0, 0.1) is 5.82 Å². The molecule has 0 radical (unpaired) electrons. The summed E-state index contributed by atoms with van der Waals surface area (Å²) in [6.07, 6.45) is 1.62. The molecule has 6 nitrogen and oxygen atoms in total. The first-order chi connectivity index (χ1) is 10.0. The zero-order chi connectivity index (χ0) is 15.4. The summed E-state index contributed by atoms with van der Waals surface area (Å²) < 4.78 is 19.8. The van der Waals surface area contributed by atoms with Crippen molar-refractivity contribution in [2.45, 2.75) is 6.54 Å². The van der Waals surface area contributed by atoms with Crippen LogP contribution < -0.4 is 5.32 Å². The van der Waals surface area contributed by atoms with Gasteiger partial charge in [0.05, 0.1) is 19.2 Å². The minimum atomic E-state index is -0.722. The number of rotatable bonds is 4. The number of hydrogen-bond donors (Lipinski definition) is 1. The maximum atomic E-state index is 13.8. The SMILES string of the molecule is CNC(=O)c1ccn(Cc2ccc(C(=O)OC)c(F)c2)n1. The molecule has 1 aromatic heterocycles. The number of esters is 1. The van der Waals surface area contributed by atoms with Crippen molar-refractivity contribution in [1.82, 2.24) is 15.1 Å². The number of methoxy groups -OCH3 is 1. The van der Waals surface area contributed by atoms with E-state index < -0.39 is 11.8 Å². The van der Waals surface area contributed by atoms with Gasteiger partial charge in [-0.15, -0.1) is 0 Å². The number of nitrogens with one attached hydrogen (secondary N) is 1. The van der Waals surface area contributed by atoms with Gasteiger partial charge in [-0.2, -0.15) is 5.10 Å². The Morgan fingerprint density at radius 2 is 2.14 bits per heavy atom. The lowest BCUT2D eigenvalue weighted by Gasteiger charge is -2.05. The molecule has 0 aliphatic carbocycles. The van der Waals surface area contributed by atoms with Crippen molar-refractivity contribution in [2.75, 3.05) is 14.2 Å². The molecule has 7 heteroatoms. The summed E-state index contributed by atoms with van der Waals surface area (Å²) in [5.74, 6) is -1.67. The molecule has 110 valence electrons. The van der Waals surface area contributed by atoms with Crippen molar-refractivity contribution >= 4 is 11.9 Å². The first-order valence-electron chi connectivity index (χ1n) is 6.17. The van der Waals surface area contributed by atoms with Crippen LogP contribution >= 0.6 is 0 Å². The molecule has 1 aromatic carbocycles. The highest BCUT2D eigenvalue weighted by atomic mass is 19.1. The third-order valence-electron chi connectivity index (χ3n) is 2.88. The summed E-state index contributed by atoms with van der Waals surface area (Å²) in [5, 5.41) is 6.54. The van der Waals surface area contributed by atoms with Gasteiger partial charge in [0.1, 0.15) is 11.5 Å². The second-order valence-corrected chi connectivity index (χ2v) is 4.28. The monoisotopic (exact) mass is 291 g/mol. The van der Waals surface area contributed by atoms with Crippen LogP contribution in [-0.4, -0.2) is 35.8 Å². The van der Waals surface area contributed by atoms with E-state index in [0.717, 1.165) is 0 Å². The molecule has 0 saturated heterocycles. The highest BCUT2D eigenvalue weighted by molar-refractivity contribution is 5.91. The van der Waals surface area contributed by atoms with Gasteiger partial charge in [0, 0.05) is 13.2 Å². The lowest BCUT2D eigenvalue weighted by atomic mass is 10.1. The quantitative estimate of drug-likeness (QED) is 0.860. The van der Waals surface area contributed by atoms with Crippen LogP contribution in [0.1, 0.15) is 26.4 Å². The van der Waals surface area contributed by atoms with E-state index in [1.807, 2.05) is 0 Å². The first-order valence-corrected chi connectivity index (χ1v) is 6.17. The number of hydrogen-bond acceptors (Lipinski definition) is 4. The zero-order valence-corrected chi connectivity index (χ0v) is 11.6. The molecule has 21 heavy (non-hydrogen) atoms. The molecule has 0 aliphatic heterocycles. The highest BCUT2D eigenvalue weighted by Crippen LogP contribution is 2.13. The smallest absolute Gasteiger partial charge is 0.340 e. The average molecular weight is 291 g/mol. The zero-order valence-electron chi connectivity index (χ0n) is 11.6. The molecule has 2 rings (SSSR count). The van der Waals surface area contributed by atoms with Gasteiger partial charge in [0.15, 0.2) is 0 Å². The van der Waals surface area contributed by atoms with Crippen LogP contribution in [0.5, 0.6) is 0 Å². The van der Waals surface area contributed by atoms with E-state index in [2.05, 4.69) is 15.2 Å². The van der Waals surface area contributed by atoms with Crippen LogP contribution in [0.25, 0.3) is 0 Å². The number of carbonyl (C=O) groups excluding carboxylic acids is 2. The molecule has 1 N–H and O–H groups in total. The Labute approximate surface area is 120 Å². The summed E-state index contributed by atoms with van der Waals surface area (Å²) in [5.41, 5.74) is 0.781. The molecule has 0 spiro atoms. The van der Waals surface area contributed by atoms with Gasteiger partial charge in [0.2, 0.25) is 0 Å². The number of ether oxygens (including phenoxy) is 1. The molecule has 1 heterocycles.